The molecule has 1 aromatic heterocycles. The second kappa shape index (κ2) is 7.97. The molecule has 0 saturated heterocycles. The van der Waals surface area contributed by atoms with Gasteiger partial charge in [-0.25, -0.2) is 4.79 Å². The van der Waals surface area contributed by atoms with Crippen molar-refractivity contribution in [2.24, 2.45) is 0 Å². The van der Waals surface area contributed by atoms with E-state index < -0.39 is 0 Å². The van der Waals surface area contributed by atoms with E-state index in [-0.39, 0.29) is 12.1 Å². The summed E-state index contributed by atoms with van der Waals surface area (Å²) in [5.74, 6) is 0. The number of aryl methyl sites for hydroxylation is 2. The van der Waals surface area contributed by atoms with Crippen LogP contribution in [0, 0.1) is 6.92 Å². The fraction of sp³-hybridized carbons (Fsp3) is 0.261. The summed E-state index contributed by atoms with van der Waals surface area (Å²) < 4.78 is 0. The first-order valence-electron chi connectivity index (χ1n) is 9.41. The van der Waals surface area contributed by atoms with Gasteiger partial charge in [0.1, 0.15) is 0 Å². The van der Waals surface area contributed by atoms with Gasteiger partial charge in [-0.3, -0.25) is 0 Å². The molecule has 3 aromatic rings. The molecule has 0 aliphatic heterocycles. The zero-order valence-electron chi connectivity index (χ0n) is 15.5. The molecule has 0 fully saturated rings. The van der Waals surface area contributed by atoms with Gasteiger partial charge >= 0.3 is 6.03 Å². The number of thiophene rings is 1. The van der Waals surface area contributed by atoms with Gasteiger partial charge < -0.3 is 10.2 Å². The van der Waals surface area contributed by atoms with Crippen LogP contribution in [0.15, 0.2) is 66.0 Å². The van der Waals surface area contributed by atoms with Gasteiger partial charge in [0, 0.05) is 11.4 Å². The van der Waals surface area contributed by atoms with E-state index in [1.165, 1.54) is 21.6 Å². The van der Waals surface area contributed by atoms with Crippen LogP contribution in [0.1, 0.15) is 39.6 Å². The second-order valence-corrected chi connectivity index (χ2v) is 8.14. The van der Waals surface area contributed by atoms with E-state index in [0.29, 0.717) is 13.1 Å². The second-order valence-electron chi connectivity index (χ2n) is 7.10. The highest BCUT2D eigenvalue weighted by atomic mass is 32.1. The highest BCUT2D eigenvalue weighted by molar-refractivity contribution is 7.09. The van der Waals surface area contributed by atoms with Crippen molar-refractivity contribution in [2.75, 3.05) is 0 Å². The van der Waals surface area contributed by atoms with E-state index in [9.17, 15) is 4.79 Å². The van der Waals surface area contributed by atoms with E-state index in [4.69, 9.17) is 0 Å². The van der Waals surface area contributed by atoms with Crippen molar-refractivity contribution in [3.05, 3.63) is 93.2 Å². The zero-order chi connectivity index (χ0) is 18.6. The number of benzene rings is 2. The minimum Gasteiger partial charge on any atom is -0.333 e. The number of carbonyl (C=O) groups is 1. The number of carbonyl (C=O) groups excluding carboxylic acids is 1. The molecule has 1 atom stereocenters. The first kappa shape index (κ1) is 17.8. The molecule has 2 aromatic carbocycles. The Bertz CT molecular complexity index is 902. The van der Waals surface area contributed by atoms with E-state index in [0.717, 1.165) is 18.4 Å². The number of amides is 2. The van der Waals surface area contributed by atoms with Gasteiger partial charge in [-0.1, -0.05) is 60.2 Å². The van der Waals surface area contributed by atoms with Crippen molar-refractivity contribution in [3.63, 3.8) is 0 Å². The fourth-order valence-electron chi connectivity index (χ4n) is 3.75. The number of nitrogens with one attached hydrogen (secondary N) is 1. The summed E-state index contributed by atoms with van der Waals surface area (Å²) in [6.45, 7) is 3.29. The molecule has 0 unspecified atom stereocenters. The van der Waals surface area contributed by atoms with Crippen LogP contribution >= 0.6 is 11.3 Å². The summed E-state index contributed by atoms with van der Waals surface area (Å²) in [5.41, 5.74) is 5.05. The largest absolute Gasteiger partial charge is 0.333 e. The number of urea groups is 1. The topological polar surface area (TPSA) is 32.3 Å². The lowest BCUT2D eigenvalue weighted by Gasteiger charge is -2.30. The summed E-state index contributed by atoms with van der Waals surface area (Å²) in [7, 11) is 0. The summed E-state index contributed by atoms with van der Waals surface area (Å²) in [5, 5.41) is 5.16. The first-order valence-corrected chi connectivity index (χ1v) is 10.3. The van der Waals surface area contributed by atoms with Crippen LogP contribution in [0.5, 0.6) is 0 Å². The standard InChI is InChI=1S/C23H24N2OS/c1-17-8-10-18(11-9-17)16-25(23(26)24-15-20-6-4-14-27-20)22-13-12-19-5-2-3-7-21(19)22/h2-11,14,22H,12-13,15-16H2,1H3,(H,24,26)/t22-/m0/s1. The molecule has 0 spiro atoms. The predicted molar refractivity (Wildman–Crippen MR) is 111 cm³/mol. The molecule has 4 heteroatoms. The maximum atomic E-state index is 13.1. The van der Waals surface area contributed by atoms with Gasteiger partial charge in [-0.05, 0) is 47.9 Å². The van der Waals surface area contributed by atoms with Crippen molar-refractivity contribution < 1.29 is 4.79 Å². The smallest absolute Gasteiger partial charge is 0.318 e. The molecule has 4 rings (SSSR count). The van der Waals surface area contributed by atoms with Crippen molar-refractivity contribution >= 4 is 17.4 Å². The van der Waals surface area contributed by atoms with E-state index >= 15 is 0 Å². The molecule has 2 amide bonds. The van der Waals surface area contributed by atoms with Gasteiger partial charge in [0.05, 0.1) is 12.6 Å². The number of fused-ring (bicyclic) bond motifs is 1. The van der Waals surface area contributed by atoms with Gasteiger partial charge in [-0.2, -0.15) is 0 Å². The molecular formula is C23H24N2OS. The molecule has 1 aliphatic carbocycles. The third-order valence-electron chi connectivity index (χ3n) is 5.21. The van der Waals surface area contributed by atoms with Gasteiger partial charge in [-0.15, -0.1) is 11.3 Å². The van der Waals surface area contributed by atoms with Crippen LogP contribution in [0.25, 0.3) is 0 Å². The minimum atomic E-state index is 0.00526. The Morgan fingerprint density at radius 1 is 1.11 bits per heavy atom. The summed E-state index contributed by atoms with van der Waals surface area (Å²) in [4.78, 5) is 16.3. The lowest BCUT2D eigenvalue weighted by Crippen LogP contribution is -2.41. The summed E-state index contributed by atoms with van der Waals surface area (Å²) in [6, 6.07) is 21.2. The van der Waals surface area contributed by atoms with Crippen LogP contribution in [0.4, 0.5) is 4.79 Å². The Morgan fingerprint density at radius 3 is 2.70 bits per heavy atom. The van der Waals surface area contributed by atoms with Crippen molar-refractivity contribution in [2.45, 2.75) is 38.9 Å². The minimum absolute atomic E-state index is 0.00526. The Kier molecular flexibility index (Phi) is 5.26. The average Bonchev–Trinajstić information content (AvgIpc) is 3.35. The molecule has 1 N–H and O–H groups in total. The third-order valence-corrected chi connectivity index (χ3v) is 6.08. The van der Waals surface area contributed by atoms with E-state index in [1.54, 1.807) is 11.3 Å². The van der Waals surface area contributed by atoms with Crippen LogP contribution in [0.2, 0.25) is 0 Å². The number of hydrogen-bond acceptors (Lipinski definition) is 2. The number of rotatable bonds is 5. The average molecular weight is 377 g/mol. The highest BCUT2D eigenvalue weighted by Crippen LogP contribution is 2.36. The van der Waals surface area contributed by atoms with E-state index in [2.05, 4.69) is 66.8 Å². The summed E-state index contributed by atoms with van der Waals surface area (Å²) >= 11 is 1.67. The number of nitrogens with zero attached hydrogens (tertiary/aromatic N) is 1. The molecule has 0 saturated carbocycles. The molecule has 0 radical (unpaired) electrons. The van der Waals surface area contributed by atoms with Crippen molar-refractivity contribution in [1.82, 2.24) is 10.2 Å². The van der Waals surface area contributed by atoms with Crippen LogP contribution in [-0.2, 0) is 19.5 Å². The van der Waals surface area contributed by atoms with Crippen LogP contribution < -0.4 is 5.32 Å². The summed E-state index contributed by atoms with van der Waals surface area (Å²) in [6.07, 6.45) is 2.01. The molecule has 27 heavy (non-hydrogen) atoms. The molecule has 138 valence electrons. The normalized spacial score (nSPS) is 15.4. The Labute approximate surface area is 164 Å². The van der Waals surface area contributed by atoms with E-state index in [1.807, 2.05) is 16.3 Å². The van der Waals surface area contributed by atoms with Crippen molar-refractivity contribution in [1.29, 1.82) is 0 Å². The molecule has 1 aliphatic rings. The monoisotopic (exact) mass is 376 g/mol. The number of hydrogen-bond donors (Lipinski definition) is 1. The lowest BCUT2D eigenvalue weighted by atomic mass is 10.1. The first-order chi connectivity index (χ1) is 13.2. The van der Waals surface area contributed by atoms with Crippen molar-refractivity contribution in [3.8, 4) is 0 Å². The van der Waals surface area contributed by atoms with Gasteiger partial charge in [0.2, 0.25) is 0 Å². The highest BCUT2D eigenvalue weighted by Gasteiger charge is 2.30. The molecular weight excluding hydrogens is 352 g/mol. The molecule has 3 nitrogen and oxygen atoms in total. The maximum Gasteiger partial charge on any atom is 0.318 e. The quantitative estimate of drug-likeness (QED) is 0.630. The molecule has 0 bridgehead atoms. The Morgan fingerprint density at radius 2 is 1.93 bits per heavy atom. The maximum absolute atomic E-state index is 13.1. The molecule has 1 heterocycles. The van der Waals surface area contributed by atoms with Gasteiger partial charge in [0.25, 0.3) is 0 Å². The lowest BCUT2D eigenvalue weighted by molar-refractivity contribution is 0.169. The van der Waals surface area contributed by atoms with Crippen LogP contribution in [-0.4, -0.2) is 10.9 Å². The van der Waals surface area contributed by atoms with Gasteiger partial charge in [0.15, 0.2) is 0 Å². The Balaban J connectivity index is 1.56. The SMILES string of the molecule is Cc1ccc(CN(C(=O)NCc2cccs2)[C@H]2CCc3ccccc32)cc1. The zero-order valence-corrected chi connectivity index (χ0v) is 16.3. The Hall–Kier alpha value is -2.59. The fourth-order valence-corrected chi connectivity index (χ4v) is 4.39. The predicted octanol–water partition coefficient (Wildman–Crippen LogP) is 5.46. The van der Waals surface area contributed by atoms with Crippen LogP contribution in [0.3, 0.4) is 0 Å². The third kappa shape index (κ3) is 4.06.